The predicted octanol–water partition coefficient (Wildman–Crippen LogP) is 2.35. The fraction of sp³-hybridized carbons (Fsp3) is 0.571. The molecule has 1 aromatic rings. The molecule has 0 aromatic carbocycles. The van der Waals surface area contributed by atoms with Gasteiger partial charge in [0.1, 0.15) is 0 Å². The van der Waals surface area contributed by atoms with Crippen molar-refractivity contribution in [3.63, 3.8) is 0 Å². The number of halogens is 2. The molecule has 1 heterocycles. The number of carbonyl (C=O) groups is 1. The Bertz CT molecular complexity index is 363. The predicted molar refractivity (Wildman–Crippen MR) is 87.5 cm³/mol. The lowest BCUT2D eigenvalue weighted by molar-refractivity contribution is -0.123. The average Bonchev–Trinajstić information content (AvgIpc) is 2.42. The van der Waals surface area contributed by atoms with Crippen LogP contribution in [0.25, 0.3) is 0 Å². The maximum atomic E-state index is 11.7. The molecule has 116 valence electrons. The molecule has 1 aromatic heterocycles. The summed E-state index contributed by atoms with van der Waals surface area (Å²) < 4.78 is 0. The Balaban J connectivity index is 0. The van der Waals surface area contributed by atoms with Gasteiger partial charge in [-0.1, -0.05) is 26.3 Å². The van der Waals surface area contributed by atoms with Crippen LogP contribution < -0.4 is 11.1 Å². The van der Waals surface area contributed by atoms with Crippen LogP contribution in [0, 0.1) is 5.92 Å². The number of aromatic nitrogens is 1. The molecule has 0 unspecified atom stereocenters. The van der Waals surface area contributed by atoms with Crippen LogP contribution in [0.4, 0.5) is 0 Å². The lowest BCUT2D eigenvalue weighted by Gasteiger charge is -2.17. The van der Waals surface area contributed by atoms with E-state index in [4.69, 9.17) is 5.73 Å². The molecule has 0 saturated carbocycles. The van der Waals surface area contributed by atoms with Crippen LogP contribution in [0.2, 0.25) is 0 Å². The second-order valence-electron chi connectivity index (χ2n) is 4.63. The van der Waals surface area contributed by atoms with Crippen molar-refractivity contribution in [1.29, 1.82) is 0 Å². The number of rotatable bonds is 7. The Labute approximate surface area is 133 Å². The zero-order chi connectivity index (χ0) is 13.4. The summed E-state index contributed by atoms with van der Waals surface area (Å²) in [6.07, 6.45) is 4.46. The molecule has 0 aliphatic rings. The summed E-state index contributed by atoms with van der Waals surface area (Å²) in [5.41, 5.74) is 6.89. The van der Waals surface area contributed by atoms with Crippen LogP contribution in [0.3, 0.4) is 0 Å². The molecular weight excluding hydrogens is 297 g/mol. The monoisotopic (exact) mass is 321 g/mol. The lowest BCUT2D eigenvalue weighted by Crippen LogP contribution is -2.44. The minimum absolute atomic E-state index is 0. The average molecular weight is 322 g/mol. The van der Waals surface area contributed by atoms with Crippen molar-refractivity contribution in [2.45, 2.75) is 39.2 Å². The summed E-state index contributed by atoms with van der Waals surface area (Å²) in [6.45, 7) is 4.69. The van der Waals surface area contributed by atoms with E-state index in [1.807, 2.05) is 32.0 Å². The van der Waals surface area contributed by atoms with Gasteiger partial charge in [-0.15, -0.1) is 24.8 Å². The van der Waals surface area contributed by atoms with E-state index in [1.54, 1.807) is 6.20 Å². The van der Waals surface area contributed by atoms with Crippen LogP contribution in [0.15, 0.2) is 24.4 Å². The van der Waals surface area contributed by atoms with Gasteiger partial charge in [-0.25, -0.2) is 0 Å². The van der Waals surface area contributed by atoms with E-state index >= 15 is 0 Å². The van der Waals surface area contributed by atoms with Gasteiger partial charge in [0.15, 0.2) is 0 Å². The summed E-state index contributed by atoms with van der Waals surface area (Å²) in [5.74, 6) is 0.172. The third-order valence-electron chi connectivity index (χ3n) is 3.19. The number of nitrogens with two attached hydrogens (primary N) is 1. The van der Waals surface area contributed by atoms with Gasteiger partial charge >= 0.3 is 0 Å². The first kappa shape index (κ1) is 21.5. The fourth-order valence-corrected chi connectivity index (χ4v) is 1.66. The molecule has 1 amide bonds. The Morgan fingerprint density at radius 1 is 1.40 bits per heavy atom. The Morgan fingerprint density at radius 3 is 2.65 bits per heavy atom. The number of nitrogens with one attached hydrogen (secondary N) is 1. The lowest BCUT2D eigenvalue weighted by atomic mass is 9.99. The van der Waals surface area contributed by atoms with Gasteiger partial charge in [-0.05, 0) is 30.9 Å². The fourth-order valence-electron chi connectivity index (χ4n) is 1.66. The van der Waals surface area contributed by atoms with Crippen LogP contribution in [-0.2, 0) is 11.2 Å². The number of hydrogen-bond acceptors (Lipinski definition) is 3. The standard InChI is InChI=1S/C14H23N3O.2ClH/c1-3-11(2)13(15)14(18)17-10-6-8-12-7-4-5-9-16-12;;/h4-5,7,9,11,13H,3,6,8,10,15H2,1-2H3,(H,17,18);2*1H/t11-,13-;;/m0../s1. The van der Waals surface area contributed by atoms with Crippen molar-refractivity contribution in [2.75, 3.05) is 6.54 Å². The Hall–Kier alpha value is -0.840. The molecule has 0 spiro atoms. The van der Waals surface area contributed by atoms with E-state index in [2.05, 4.69) is 10.3 Å². The summed E-state index contributed by atoms with van der Waals surface area (Å²) in [4.78, 5) is 15.9. The van der Waals surface area contributed by atoms with Crippen molar-refractivity contribution in [3.8, 4) is 0 Å². The van der Waals surface area contributed by atoms with Crippen molar-refractivity contribution >= 4 is 30.7 Å². The molecule has 6 heteroatoms. The molecule has 20 heavy (non-hydrogen) atoms. The number of carbonyl (C=O) groups excluding carboxylic acids is 1. The highest BCUT2D eigenvalue weighted by Gasteiger charge is 2.18. The van der Waals surface area contributed by atoms with Gasteiger partial charge in [0.2, 0.25) is 5.91 Å². The highest BCUT2D eigenvalue weighted by Crippen LogP contribution is 2.05. The molecule has 3 N–H and O–H groups in total. The van der Waals surface area contributed by atoms with Gasteiger partial charge < -0.3 is 11.1 Å². The quantitative estimate of drug-likeness (QED) is 0.757. The number of amides is 1. The summed E-state index contributed by atoms with van der Waals surface area (Å²) in [6, 6.07) is 5.47. The third-order valence-corrected chi connectivity index (χ3v) is 3.19. The molecular formula is C14H25Cl2N3O. The summed E-state index contributed by atoms with van der Waals surface area (Å²) >= 11 is 0. The molecule has 1 rings (SSSR count). The van der Waals surface area contributed by atoms with E-state index in [1.165, 1.54) is 0 Å². The number of aryl methyl sites for hydroxylation is 1. The topological polar surface area (TPSA) is 68.0 Å². The Morgan fingerprint density at radius 2 is 2.10 bits per heavy atom. The number of hydrogen-bond donors (Lipinski definition) is 2. The first-order valence-corrected chi connectivity index (χ1v) is 6.58. The zero-order valence-electron chi connectivity index (χ0n) is 12.0. The second kappa shape index (κ2) is 11.9. The minimum Gasteiger partial charge on any atom is -0.355 e. The first-order chi connectivity index (χ1) is 8.65. The molecule has 2 atom stereocenters. The second-order valence-corrected chi connectivity index (χ2v) is 4.63. The number of nitrogens with zero attached hydrogens (tertiary/aromatic N) is 1. The van der Waals surface area contributed by atoms with Crippen LogP contribution >= 0.6 is 24.8 Å². The molecule has 0 saturated heterocycles. The van der Waals surface area contributed by atoms with Gasteiger partial charge in [0.05, 0.1) is 6.04 Å². The highest BCUT2D eigenvalue weighted by atomic mass is 35.5. The van der Waals surface area contributed by atoms with Crippen molar-refractivity contribution in [1.82, 2.24) is 10.3 Å². The highest BCUT2D eigenvalue weighted by molar-refractivity contribution is 5.85. The normalized spacial score (nSPS) is 12.6. The molecule has 0 aliphatic carbocycles. The SMILES string of the molecule is CC[C@H](C)[C@H](N)C(=O)NCCCc1ccccn1.Cl.Cl. The molecule has 0 radical (unpaired) electrons. The van der Waals surface area contributed by atoms with Crippen molar-refractivity contribution < 1.29 is 4.79 Å². The molecule has 0 bridgehead atoms. The van der Waals surface area contributed by atoms with Crippen LogP contribution in [-0.4, -0.2) is 23.5 Å². The number of pyridine rings is 1. The molecule has 0 fully saturated rings. The van der Waals surface area contributed by atoms with E-state index in [9.17, 15) is 4.79 Å². The summed E-state index contributed by atoms with van der Waals surface area (Å²) in [7, 11) is 0. The Kier molecular flexibility index (Phi) is 12.8. The molecule has 4 nitrogen and oxygen atoms in total. The van der Waals surface area contributed by atoms with Crippen LogP contribution in [0.1, 0.15) is 32.4 Å². The smallest absolute Gasteiger partial charge is 0.237 e. The zero-order valence-corrected chi connectivity index (χ0v) is 13.7. The van der Waals surface area contributed by atoms with Gasteiger partial charge in [-0.3, -0.25) is 9.78 Å². The summed E-state index contributed by atoms with van der Waals surface area (Å²) in [5, 5.41) is 2.88. The first-order valence-electron chi connectivity index (χ1n) is 6.58. The largest absolute Gasteiger partial charge is 0.355 e. The van der Waals surface area contributed by atoms with E-state index in [0.29, 0.717) is 6.54 Å². The third kappa shape index (κ3) is 7.68. The van der Waals surface area contributed by atoms with Gasteiger partial charge in [-0.2, -0.15) is 0 Å². The van der Waals surface area contributed by atoms with Gasteiger partial charge in [0, 0.05) is 18.4 Å². The maximum absolute atomic E-state index is 11.7. The minimum atomic E-state index is -0.398. The van der Waals surface area contributed by atoms with Crippen molar-refractivity contribution in [2.24, 2.45) is 11.7 Å². The van der Waals surface area contributed by atoms with E-state index in [-0.39, 0.29) is 36.6 Å². The maximum Gasteiger partial charge on any atom is 0.237 e. The molecule has 0 aliphatic heterocycles. The van der Waals surface area contributed by atoms with Crippen LogP contribution in [0.5, 0.6) is 0 Å². The van der Waals surface area contributed by atoms with Crippen molar-refractivity contribution in [3.05, 3.63) is 30.1 Å². The van der Waals surface area contributed by atoms with E-state index < -0.39 is 6.04 Å². The van der Waals surface area contributed by atoms with E-state index in [0.717, 1.165) is 25.0 Å². The van der Waals surface area contributed by atoms with Gasteiger partial charge in [0.25, 0.3) is 0 Å².